The summed E-state index contributed by atoms with van der Waals surface area (Å²) in [4.78, 5) is 103. The molecule has 64 heavy (non-hydrogen) atoms. The minimum atomic E-state index is -1.19. The summed E-state index contributed by atoms with van der Waals surface area (Å²) in [6.45, 7) is -1.28. The highest BCUT2D eigenvalue weighted by Crippen LogP contribution is 2.19. The quantitative estimate of drug-likeness (QED) is 0.0287. The van der Waals surface area contributed by atoms with Crippen molar-refractivity contribution in [2.24, 2.45) is 5.73 Å². The van der Waals surface area contributed by atoms with E-state index in [0.717, 1.165) is 5.56 Å². The van der Waals surface area contributed by atoms with Gasteiger partial charge < -0.3 is 52.9 Å². The number of nitrogens with two attached hydrogens (primary N) is 1. The number of hydrogen-bond acceptors (Lipinski definition) is 12. The van der Waals surface area contributed by atoms with Gasteiger partial charge in [0, 0.05) is 28.6 Å². The van der Waals surface area contributed by atoms with E-state index in [-0.39, 0.29) is 43.1 Å². The van der Waals surface area contributed by atoms with Crippen LogP contribution in [0.5, 0.6) is 5.75 Å². The lowest BCUT2D eigenvalue weighted by Crippen LogP contribution is -2.56. The van der Waals surface area contributed by atoms with Crippen molar-refractivity contribution in [1.29, 1.82) is 0 Å². The number of phenols is 1. The van der Waals surface area contributed by atoms with Crippen LogP contribution in [0.1, 0.15) is 42.4 Å². The summed E-state index contributed by atoms with van der Waals surface area (Å²) in [5.74, 6) is -4.25. The molecular weight excluding hydrogens is 908 g/mol. The molecular formula is C43H54Cl2N8O9S2. The maximum Gasteiger partial charge on any atom is 0.244 e. The topological polar surface area (TPSA) is 267 Å². The first-order chi connectivity index (χ1) is 30.7. The molecule has 7 amide bonds. The van der Waals surface area contributed by atoms with Crippen LogP contribution in [-0.4, -0.2) is 115 Å². The molecule has 3 rings (SSSR count). The number of benzene rings is 3. The highest BCUT2D eigenvalue weighted by atomic mass is 35.5. The van der Waals surface area contributed by atoms with Crippen molar-refractivity contribution in [3.63, 3.8) is 0 Å². The van der Waals surface area contributed by atoms with Crippen LogP contribution in [0.25, 0.3) is 0 Å². The minimum Gasteiger partial charge on any atom is -0.508 e. The van der Waals surface area contributed by atoms with Gasteiger partial charge in [-0.25, -0.2) is 0 Å². The average Bonchev–Trinajstić information content (AvgIpc) is 3.28. The number of phenolic OH excluding ortho intramolecular Hbond substituents is 1. The number of nitrogens with one attached hydrogen (secondary N) is 7. The molecule has 10 N–H and O–H groups in total. The Morgan fingerprint density at radius 2 is 1.16 bits per heavy atom. The van der Waals surface area contributed by atoms with Crippen LogP contribution in [0.15, 0.2) is 72.8 Å². The predicted octanol–water partition coefficient (Wildman–Crippen LogP) is 1.74. The van der Waals surface area contributed by atoms with Gasteiger partial charge >= 0.3 is 0 Å². The molecule has 0 radical (unpaired) electrons. The Hall–Kier alpha value is -5.34. The zero-order valence-corrected chi connectivity index (χ0v) is 38.3. The van der Waals surface area contributed by atoms with Gasteiger partial charge in [-0.1, -0.05) is 81.2 Å². The molecule has 0 saturated heterocycles. The highest BCUT2D eigenvalue weighted by Gasteiger charge is 2.28. The van der Waals surface area contributed by atoms with Crippen LogP contribution < -0.4 is 43.0 Å². The SMILES string of the molecule is CSSCC(NC(=O)CCc1ccc(Cl)cc1)C(=O)NC(Cc1ccc(Cl)cc1)C(=O)NCC(=O)NC(CCCCN)C(=O)NCC(=O)NCC(=O)NC(C=O)Cc1ccc(O)cc1. The van der Waals surface area contributed by atoms with E-state index in [4.69, 9.17) is 28.9 Å². The fourth-order valence-corrected chi connectivity index (χ4v) is 7.51. The molecule has 3 aromatic rings. The summed E-state index contributed by atoms with van der Waals surface area (Å²) in [6.07, 6.45) is 4.19. The zero-order valence-electron chi connectivity index (χ0n) is 35.2. The van der Waals surface area contributed by atoms with Gasteiger partial charge in [0.25, 0.3) is 0 Å². The number of carbonyl (C=O) groups is 8. The molecule has 0 aliphatic carbocycles. The third-order valence-electron chi connectivity index (χ3n) is 9.34. The fraction of sp³-hybridized carbons (Fsp3) is 0.395. The summed E-state index contributed by atoms with van der Waals surface area (Å²) in [5, 5.41) is 28.4. The molecule has 0 heterocycles. The first-order valence-electron chi connectivity index (χ1n) is 20.3. The first-order valence-corrected chi connectivity index (χ1v) is 23.8. The van der Waals surface area contributed by atoms with Crippen molar-refractivity contribution in [2.45, 2.75) is 69.1 Å². The van der Waals surface area contributed by atoms with Gasteiger partial charge in [0.2, 0.25) is 41.4 Å². The molecule has 0 aliphatic heterocycles. The zero-order chi connectivity index (χ0) is 46.9. The average molecular weight is 962 g/mol. The molecule has 21 heteroatoms. The number of carbonyl (C=O) groups excluding carboxylic acids is 8. The molecule has 17 nitrogen and oxygen atoms in total. The van der Waals surface area contributed by atoms with Crippen LogP contribution in [-0.2, 0) is 57.6 Å². The molecule has 346 valence electrons. The lowest BCUT2D eigenvalue weighted by molar-refractivity contribution is -0.133. The van der Waals surface area contributed by atoms with Gasteiger partial charge in [-0.15, -0.1) is 0 Å². The lowest BCUT2D eigenvalue weighted by Gasteiger charge is -2.23. The number of aryl methyl sites for hydroxylation is 1. The highest BCUT2D eigenvalue weighted by molar-refractivity contribution is 8.76. The number of aromatic hydroxyl groups is 1. The van der Waals surface area contributed by atoms with Crippen molar-refractivity contribution in [2.75, 3.05) is 38.2 Å². The number of rotatable bonds is 28. The Balaban J connectivity index is 1.58. The molecule has 3 aromatic carbocycles. The van der Waals surface area contributed by atoms with E-state index in [9.17, 15) is 43.5 Å². The second kappa shape index (κ2) is 29.2. The summed E-state index contributed by atoms with van der Waals surface area (Å²) in [6, 6.07) is 15.6. The van der Waals surface area contributed by atoms with Gasteiger partial charge in [-0.05, 0) is 98.0 Å². The molecule has 0 aliphatic rings. The summed E-state index contributed by atoms with van der Waals surface area (Å²) in [7, 11) is 2.75. The second-order valence-corrected chi connectivity index (χ2v) is 17.9. The van der Waals surface area contributed by atoms with E-state index < -0.39 is 79.2 Å². The molecule has 0 bridgehead atoms. The first kappa shape index (κ1) is 53.0. The van der Waals surface area contributed by atoms with Crippen LogP contribution in [0, 0.1) is 0 Å². The van der Waals surface area contributed by atoms with E-state index in [2.05, 4.69) is 37.2 Å². The Morgan fingerprint density at radius 1 is 0.625 bits per heavy atom. The van der Waals surface area contributed by atoms with Crippen molar-refractivity contribution in [1.82, 2.24) is 37.2 Å². The summed E-state index contributed by atoms with van der Waals surface area (Å²) >= 11 is 12.0. The van der Waals surface area contributed by atoms with Gasteiger partial charge in [-0.2, -0.15) is 0 Å². The van der Waals surface area contributed by atoms with Gasteiger partial charge in [0.1, 0.15) is 30.2 Å². The van der Waals surface area contributed by atoms with Crippen LogP contribution in [0.3, 0.4) is 0 Å². The van der Waals surface area contributed by atoms with Gasteiger partial charge in [0.15, 0.2) is 0 Å². The van der Waals surface area contributed by atoms with E-state index in [0.29, 0.717) is 53.3 Å². The maximum atomic E-state index is 13.7. The predicted molar refractivity (Wildman–Crippen MR) is 248 cm³/mol. The summed E-state index contributed by atoms with van der Waals surface area (Å²) in [5.41, 5.74) is 7.86. The third-order valence-corrected chi connectivity index (χ3v) is 11.7. The van der Waals surface area contributed by atoms with Crippen molar-refractivity contribution in [3.8, 4) is 5.75 Å². The van der Waals surface area contributed by atoms with Crippen LogP contribution in [0.4, 0.5) is 0 Å². The van der Waals surface area contributed by atoms with E-state index in [1.54, 1.807) is 48.5 Å². The van der Waals surface area contributed by atoms with Gasteiger partial charge in [-0.3, -0.25) is 33.6 Å². The molecule has 4 unspecified atom stereocenters. The van der Waals surface area contributed by atoms with E-state index >= 15 is 0 Å². The normalized spacial score (nSPS) is 12.6. The number of amides is 7. The molecule has 4 atom stereocenters. The lowest BCUT2D eigenvalue weighted by atomic mass is 10.0. The Morgan fingerprint density at radius 3 is 1.77 bits per heavy atom. The largest absolute Gasteiger partial charge is 0.508 e. The van der Waals surface area contributed by atoms with E-state index in [1.807, 2.05) is 18.4 Å². The number of aldehydes is 1. The van der Waals surface area contributed by atoms with Crippen LogP contribution >= 0.6 is 44.8 Å². The number of hydrogen-bond donors (Lipinski definition) is 9. The molecule has 0 spiro atoms. The minimum absolute atomic E-state index is 0.00852. The Kier molecular flexibility index (Phi) is 24.2. The Bertz CT molecular complexity index is 2020. The maximum absolute atomic E-state index is 13.7. The molecule has 0 saturated carbocycles. The monoisotopic (exact) mass is 960 g/mol. The molecule has 0 fully saturated rings. The molecule has 0 aromatic heterocycles. The standard InChI is InChI=1S/C43H54Cl2N8O9S2/c1-63-64-26-36(52-37(56)18-11-27-5-12-30(44)13-6-27)43(62)53-35(21-29-7-14-31(45)15-8-29)42(61)49-24-40(59)51-34(4-2-3-19-46)41(60)48-22-38(57)47-23-39(58)50-32(25-54)20-28-9-16-33(55)17-10-28/h5-10,12-17,25,32,34-36,55H,2-4,11,18-24,26,46H2,1H3,(H,47,57)(H,48,60)(H,49,61)(H,50,58)(H,51,59)(H,52,56)(H,53,62). The van der Waals surface area contributed by atoms with Gasteiger partial charge in [0.05, 0.1) is 25.7 Å². The van der Waals surface area contributed by atoms with Crippen molar-refractivity contribution in [3.05, 3.63) is 99.5 Å². The second-order valence-electron chi connectivity index (χ2n) is 14.4. The van der Waals surface area contributed by atoms with Crippen molar-refractivity contribution < 1.29 is 43.5 Å². The van der Waals surface area contributed by atoms with Crippen molar-refractivity contribution >= 4 is 92.4 Å². The third kappa shape index (κ3) is 20.9. The number of halogens is 2. The van der Waals surface area contributed by atoms with Crippen LogP contribution in [0.2, 0.25) is 10.0 Å². The number of unbranched alkanes of at least 4 members (excludes halogenated alkanes) is 1. The smallest absolute Gasteiger partial charge is 0.244 e. The van der Waals surface area contributed by atoms with E-state index in [1.165, 1.54) is 33.7 Å². The summed E-state index contributed by atoms with van der Waals surface area (Å²) < 4.78 is 0. The fourth-order valence-electron chi connectivity index (χ4n) is 5.94. The Labute approximate surface area is 389 Å².